The molecular weight excluding hydrogens is 352 g/mol. The Morgan fingerprint density at radius 2 is 2.19 bits per heavy atom. The summed E-state index contributed by atoms with van der Waals surface area (Å²) in [4.78, 5) is 29.8. The first-order valence-corrected chi connectivity index (χ1v) is 9.67. The van der Waals surface area contributed by atoms with E-state index in [4.69, 9.17) is 9.84 Å². The summed E-state index contributed by atoms with van der Waals surface area (Å²) in [6.45, 7) is 1.63. The van der Waals surface area contributed by atoms with E-state index in [2.05, 4.69) is 4.98 Å². The third kappa shape index (κ3) is 4.82. The number of hydrogen-bond acceptors (Lipinski definition) is 5. The van der Waals surface area contributed by atoms with Crippen LogP contribution >= 0.6 is 11.3 Å². The van der Waals surface area contributed by atoms with Crippen LogP contribution in [0.2, 0.25) is 0 Å². The number of thiazole rings is 1. The first-order valence-electron chi connectivity index (χ1n) is 8.73. The van der Waals surface area contributed by atoms with Gasteiger partial charge < -0.3 is 14.7 Å². The molecule has 7 heteroatoms. The molecule has 2 aromatic rings. The van der Waals surface area contributed by atoms with E-state index in [1.807, 2.05) is 22.4 Å². The van der Waals surface area contributed by atoms with Gasteiger partial charge in [0, 0.05) is 24.9 Å². The Morgan fingerprint density at radius 1 is 1.35 bits per heavy atom. The summed E-state index contributed by atoms with van der Waals surface area (Å²) in [5.74, 6) is -0.0433. The van der Waals surface area contributed by atoms with Crippen molar-refractivity contribution < 1.29 is 19.4 Å². The number of para-hydroxylation sites is 1. The van der Waals surface area contributed by atoms with Gasteiger partial charge in [-0.1, -0.05) is 12.1 Å². The zero-order valence-corrected chi connectivity index (χ0v) is 15.3. The van der Waals surface area contributed by atoms with Gasteiger partial charge in [0.2, 0.25) is 0 Å². The molecule has 2 heterocycles. The van der Waals surface area contributed by atoms with E-state index < -0.39 is 5.97 Å². The summed E-state index contributed by atoms with van der Waals surface area (Å²) >= 11 is 1.51. The number of piperidine rings is 1. The van der Waals surface area contributed by atoms with E-state index in [0.29, 0.717) is 37.4 Å². The van der Waals surface area contributed by atoms with Crippen LogP contribution in [0.3, 0.4) is 0 Å². The van der Waals surface area contributed by atoms with Gasteiger partial charge in [-0.25, -0.2) is 4.98 Å². The van der Waals surface area contributed by atoms with E-state index in [-0.39, 0.29) is 18.2 Å². The third-order valence-electron chi connectivity index (χ3n) is 4.55. The van der Waals surface area contributed by atoms with Crippen LogP contribution in [0.5, 0.6) is 5.75 Å². The minimum atomic E-state index is -0.783. The first-order chi connectivity index (χ1) is 12.6. The standard InChI is InChI=1S/C19H22N2O4S/c22-18(23)8-7-14-4-3-9-21(10-14)19(24)16-5-1-2-6-17(16)25-11-15-12-26-13-20-15/h1-2,5-6,12-14H,3-4,7-11H2,(H,22,23). The van der Waals surface area contributed by atoms with Crippen LogP contribution in [0.4, 0.5) is 0 Å². The Morgan fingerprint density at radius 3 is 2.96 bits per heavy atom. The topological polar surface area (TPSA) is 79.7 Å². The molecule has 1 N–H and O–H groups in total. The van der Waals surface area contributed by atoms with E-state index in [0.717, 1.165) is 18.5 Å². The molecule has 26 heavy (non-hydrogen) atoms. The maximum absolute atomic E-state index is 13.0. The number of amides is 1. The van der Waals surface area contributed by atoms with Crippen molar-refractivity contribution >= 4 is 23.2 Å². The lowest BCUT2D eigenvalue weighted by atomic mass is 9.93. The van der Waals surface area contributed by atoms with Gasteiger partial charge in [0.25, 0.3) is 5.91 Å². The summed E-state index contributed by atoms with van der Waals surface area (Å²) in [6.07, 6.45) is 2.64. The van der Waals surface area contributed by atoms with Crippen LogP contribution < -0.4 is 4.74 Å². The number of carbonyl (C=O) groups excluding carboxylic acids is 1. The normalized spacial score (nSPS) is 17.1. The smallest absolute Gasteiger partial charge is 0.303 e. The lowest BCUT2D eigenvalue weighted by molar-refractivity contribution is -0.137. The highest BCUT2D eigenvalue weighted by Crippen LogP contribution is 2.26. The van der Waals surface area contributed by atoms with Crippen molar-refractivity contribution in [1.82, 2.24) is 9.88 Å². The molecule has 1 unspecified atom stereocenters. The minimum Gasteiger partial charge on any atom is -0.486 e. The second-order valence-corrected chi connectivity index (χ2v) is 7.18. The zero-order valence-electron chi connectivity index (χ0n) is 14.5. The second-order valence-electron chi connectivity index (χ2n) is 6.46. The molecule has 0 spiro atoms. The number of benzene rings is 1. The Kier molecular flexibility index (Phi) is 6.22. The van der Waals surface area contributed by atoms with E-state index in [1.165, 1.54) is 11.3 Å². The van der Waals surface area contributed by atoms with Gasteiger partial charge >= 0.3 is 5.97 Å². The fourth-order valence-electron chi connectivity index (χ4n) is 3.21. The zero-order chi connectivity index (χ0) is 18.4. The van der Waals surface area contributed by atoms with Crippen molar-refractivity contribution in [3.8, 4) is 5.75 Å². The SMILES string of the molecule is O=C(O)CCC1CCCN(C(=O)c2ccccc2OCc2cscn2)C1. The molecule has 0 bridgehead atoms. The Balaban J connectivity index is 1.66. The number of rotatable bonds is 7. The molecule has 1 aliphatic rings. The number of carboxylic acid groups (broad SMARTS) is 1. The Bertz CT molecular complexity index is 748. The molecule has 1 fully saturated rings. The average Bonchev–Trinajstić information content (AvgIpc) is 3.18. The highest BCUT2D eigenvalue weighted by Gasteiger charge is 2.26. The summed E-state index contributed by atoms with van der Waals surface area (Å²) < 4.78 is 5.82. The number of ether oxygens (including phenoxy) is 1. The van der Waals surface area contributed by atoms with Crippen molar-refractivity contribution in [3.63, 3.8) is 0 Å². The van der Waals surface area contributed by atoms with Crippen LogP contribution in [0.1, 0.15) is 41.7 Å². The molecule has 1 aliphatic heterocycles. The first kappa shape index (κ1) is 18.4. The number of nitrogens with zero attached hydrogens (tertiary/aromatic N) is 2. The average molecular weight is 374 g/mol. The highest BCUT2D eigenvalue weighted by molar-refractivity contribution is 7.07. The number of likely N-dealkylation sites (tertiary alicyclic amines) is 1. The van der Waals surface area contributed by atoms with Gasteiger partial charge in [-0.2, -0.15) is 0 Å². The van der Waals surface area contributed by atoms with Crippen LogP contribution in [-0.2, 0) is 11.4 Å². The van der Waals surface area contributed by atoms with Crippen LogP contribution in [0, 0.1) is 5.92 Å². The summed E-state index contributed by atoms with van der Waals surface area (Å²) in [7, 11) is 0. The predicted molar refractivity (Wildman–Crippen MR) is 98.4 cm³/mol. The second kappa shape index (κ2) is 8.80. The van der Waals surface area contributed by atoms with Gasteiger partial charge in [0.05, 0.1) is 16.8 Å². The van der Waals surface area contributed by atoms with Gasteiger partial charge in [-0.05, 0) is 37.3 Å². The van der Waals surface area contributed by atoms with Gasteiger partial charge in [-0.3, -0.25) is 9.59 Å². The molecule has 138 valence electrons. The lowest BCUT2D eigenvalue weighted by Crippen LogP contribution is -2.40. The number of aliphatic carboxylic acids is 1. The number of hydrogen-bond donors (Lipinski definition) is 1. The quantitative estimate of drug-likeness (QED) is 0.803. The van der Waals surface area contributed by atoms with Crippen LogP contribution in [0.25, 0.3) is 0 Å². The van der Waals surface area contributed by atoms with Crippen LogP contribution in [0.15, 0.2) is 35.2 Å². The number of aromatic nitrogens is 1. The molecule has 0 radical (unpaired) electrons. The minimum absolute atomic E-state index is 0.0566. The molecule has 1 atom stereocenters. The molecule has 1 amide bonds. The largest absolute Gasteiger partial charge is 0.486 e. The molecule has 0 aliphatic carbocycles. The van der Waals surface area contributed by atoms with Crippen molar-refractivity contribution in [2.75, 3.05) is 13.1 Å². The van der Waals surface area contributed by atoms with E-state index >= 15 is 0 Å². The number of carbonyl (C=O) groups is 2. The molecular formula is C19H22N2O4S. The highest BCUT2D eigenvalue weighted by atomic mass is 32.1. The lowest BCUT2D eigenvalue weighted by Gasteiger charge is -2.33. The fourth-order valence-corrected chi connectivity index (χ4v) is 3.76. The Labute approximate surface area is 156 Å². The molecule has 1 aromatic carbocycles. The molecule has 1 aromatic heterocycles. The third-order valence-corrected chi connectivity index (χ3v) is 5.18. The van der Waals surface area contributed by atoms with E-state index in [1.54, 1.807) is 17.6 Å². The number of carboxylic acids is 1. The Hall–Kier alpha value is -2.41. The monoisotopic (exact) mass is 374 g/mol. The summed E-state index contributed by atoms with van der Waals surface area (Å²) in [5.41, 5.74) is 3.13. The maximum atomic E-state index is 13.0. The van der Waals surface area contributed by atoms with Gasteiger partial charge in [0.1, 0.15) is 12.4 Å². The molecule has 0 saturated carbocycles. The summed E-state index contributed by atoms with van der Waals surface area (Å²) in [5, 5.41) is 10.8. The van der Waals surface area contributed by atoms with Gasteiger partial charge in [0.15, 0.2) is 0 Å². The van der Waals surface area contributed by atoms with Gasteiger partial charge in [-0.15, -0.1) is 11.3 Å². The maximum Gasteiger partial charge on any atom is 0.303 e. The predicted octanol–water partition coefficient (Wildman–Crippen LogP) is 3.44. The van der Waals surface area contributed by atoms with Crippen LogP contribution in [-0.4, -0.2) is 40.0 Å². The molecule has 1 saturated heterocycles. The van der Waals surface area contributed by atoms with Crippen molar-refractivity contribution in [2.45, 2.75) is 32.3 Å². The molecule has 6 nitrogen and oxygen atoms in total. The van der Waals surface area contributed by atoms with E-state index in [9.17, 15) is 9.59 Å². The van der Waals surface area contributed by atoms with Crippen molar-refractivity contribution in [3.05, 3.63) is 46.4 Å². The van der Waals surface area contributed by atoms with Crippen molar-refractivity contribution in [1.29, 1.82) is 0 Å². The van der Waals surface area contributed by atoms with Crippen molar-refractivity contribution in [2.24, 2.45) is 5.92 Å². The summed E-state index contributed by atoms with van der Waals surface area (Å²) in [6, 6.07) is 7.25. The fraction of sp³-hybridized carbons (Fsp3) is 0.421. The molecule has 3 rings (SSSR count).